The molecule has 0 atom stereocenters. The quantitative estimate of drug-likeness (QED) is 0.411. The van der Waals surface area contributed by atoms with Gasteiger partial charge in [0.25, 0.3) is 11.6 Å². The topological polar surface area (TPSA) is 117 Å². The summed E-state index contributed by atoms with van der Waals surface area (Å²) >= 11 is 6.32. The van der Waals surface area contributed by atoms with E-state index >= 15 is 0 Å². The van der Waals surface area contributed by atoms with E-state index in [0.717, 1.165) is 0 Å². The molecule has 2 aliphatic heterocycles. The van der Waals surface area contributed by atoms with Crippen molar-refractivity contribution in [3.05, 3.63) is 62.9 Å². The number of alkyl halides is 3. The summed E-state index contributed by atoms with van der Waals surface area (Å²) in [6.07, 6.45) is -1.99. The van der Waals surface area contributed by atoms with Gasteiger partial charge in [-0.15, -0.1) is 0 Å². The Morgan fingerprint density at radius 2 is 2.03 bits per heavy atom. The van der Waals surface area contributed by atoms with Crippen molar-refractivity contribution >= 4 is 57.1 Å². The molecule has 1 aromatic carbocycles. The lowest BCUT2D eigenvalue weighted by Gasteiger charge is -2.20. The van der Waals surface area contributed by atoms with Crippen molar-refractivity contribution in [1.82, 2.24) is 9.58 Å². The van der Waals surface area contributed by atoms with Crippen LogP contribution in [-0.4, -0.2) is 42.6 Å². The fraction of sp³-hybridized carbons (Fsp3) is 0.0588. The Morgan fingerprint density at radius 3 is 2.71 bits per heavy atom. The number of carbonyl (C=O) groups is 1. The third-order valence-electron chi connectivity index (χ3n) is 4.17. The summed E-state index contributed by atoms with van der Waals surface area (Å²) in [6, 6.07) is 6.89. The van der Waals surface area contributed by atoms with Gasteiger partial charge in [-0.2, -0.15) is 28.3 Å². The molecule has 0 radical (unpaired) electrons. The molecule has 4 rings (SSSR count). The van der Waals surface area contributed by atoms with Crippen LogP contribution in [0.5, 0.6) is 0 Å². The number of benzene rings is 1. The lowest BCUT2D eigenvalue weighted by Crippen LogP contribution is -2.35. The zero-order chi connectivity index (χ0) is 22.5. The van der Waals surface area contributed by atoms with E-state index in [1.165, 1.54) is 41.1 Å². The van der Waals surface area contributed by atoms with E-state index in [9.17, 15) is 28.1 Å². The summed E-state index contributed by atoms with van der Waals surface area (Å²) in [7, 11) is 0. The number of non-ortho nitro benzene ring substituents is 1. The van der Waals surface area contributed by atoms with Crippen molar-refractivity contribution in [1.29, 1.82) is 5.41 Å². The van der Waals surface area contributed by atoms with Gasteiger partial charge in [0, 0.05) is 24.0 Å². The molecule has 1 amide bonds. The lowest BCUT2D eigenvalue weighted by molar-refractivity contribution is -0.384. The van der Waals surface area contributed by atoms with Gasteiger partial charge >= 0.3 is 6.18 Å². The van der Waals surface area contributed by atoms with E-state index in [-0.39, 0.29) is 38.9 Å². The second kappa shape index (κ2) is 7.35. The summed E-state index contributed by atoms with van der Waals surface area (Å²) in [5.74, 6) is -1.50. The standard InChI is InChI=1S/C17H8ClF3N6O3S/c18-11-4-3-9(27(29)30)7-12(11)25-5-1-2-8(25)6-10-13(22)26-16(23-14(10)28)31-15(24-26)17(19,20)21/h1-7,22H/b10-6+,22-13?. The third kappa shape index (κ3) is 3.72. The van der Waals surface area contributed by atoms with Crippen LogP contribution in [0.1, 0.15) is 5.69 Å². The fourth-order valence-electron chi connectivity index (χ4n) is 2.78. The minimum absolute atomic E-state index is 0.151. The monoisotopic (exact) mass is 468 g/mol. The zero-order valence-corrected chi connectivity index (χ0v) is 16.5. The molecule has 31 heavy (non-hydrogen) atoms. The highest BCUT2D eigenvalue weighted by molar-refractivity contribution is 8.27. The molecule has 0 aliphatic carbocycles. The van der Waals surface area contributed by atoms with E-state index in [4.69, 9.17) is 17.0 Å². The van der Waals surface area contributed by atoms with Crippen LogP contribution in [0.3, 0.4) is 0 Å². The number of fused-ring (bicyclic) bond motifs is 1. The van der Waals surface area contributed by atoms with Crippen LogP contribution in [0.2, 0.25) is 5.02 Å². The fourth-order valence-corrected chi connectivity index (χ4v) is 3.75. The summed E-state index contributed by atoms with van der Waals surface area (Å²) in [4.78, 5) is 26.5. The van der Waals surface area contributed by atoms with Crippen LogP contribution in [0, 0.1) is 15.5 Å². The number of amidine groups is 2. The number of nitro groups is 1. The molecular formula is C17H8ClF3N6O3S. The first-order valence-corrected chi connectivity index (χ1v) is 9.45. The number of hydrogen-bond donors (Lipinski definition) is 1. The highest BCUT2D eigenvalue weighted by atomic mass is 35.5. The first-order chi connectivity index (χ1) is 14.6. The molecule has 1 aromatic heterocycles. The van der Waals surface area contributed by atoms with Gasteiger partial charge in [0.1, 0.15) is 0 Å². The Hall–Kier alpha value is -3.45. The molecule has 0 fully saturated rings. The Morgan fingerprint density at radius 1 is 1.29 bits per heavy atom. The Balaban J connectivity index is 1.76. The molecule has 2 aliphatic rings. The van der Waals surface area contributed by atoms with E-state index in [0.29, 0.717) is 10.7 Å². The molecule has 158 valence electrons. The number of nitrogens with one attached hydrogen (secondary N) is 1. The zero-order valence-electron chi connectivity index (χ0n) is 14.9. The second-order valence-electron chi connectivity index (χ2n) is 6.12. The van der Waals surface area contributed by atoms with Gasteiger partial charge in [-0.1, -0.05) is 11.6 Å². The van der Waals surface area contributed by atoms with Gasteiger partial charge in [-0.05, 0) is 36.0 Å². The molecular weight excluding hydrogens is 461 g/mol. The molecule has 2 aromatic rings. The SMILES string of the molecule is N=C1/C(=C\c2cccn2-c2cc([N+](=O)[O-])ccc2Cl)C(=O)N=C2SC(C(F)(F)F)=NN12. The Kier molecular flexibility index (Phi) is 4.94. The van der Waals surface area contributed by atoms with Crippen molar-refractivity contribution in [2.75, 3.05) is 0 Å². The summed E-state index contributed by atoms with van der Waals surface area (Å²) in [5.41, 5.74) is 0.00499. The van der Waals surface area contributed by atoms with E-state index < -0.39 is 27.9 Å². The van der Waals surface area contributed by atoms with Crippen molar-refractivity contribution in [3.63, 3.8) is 0 Å². The minimum atomic E-state index is -4.74. The molecule has 1 N–H and O–H groups in total. The molecule has 3 heterocycles. The molecule has 0 bridgehead atoms. The molecule has 0 saturated carbocycles. The normalized spacial score (nSPS) is 17.7. The van der Waals surface area contributed by atoms with E-state index in [1.54, 1.807) is 6.07 Å². The van der Waals surface area contributed by atoms with Gasteiger partial charge in [0.15, 0.2) is 5.84 Å². The van der Waals surface area contributed by atoms with Gasteiger partial charge in [-0.3, -0.25) is 20.3 Å². The van der Waals surface area contributed by atoms with Gasteiger partial charge in [0.2, 0.25) is 10.2 Å². The maximum Gasteiger partial charge on any atom is 0.441 e. The number of nitro benzene ring substituents is 1. The first-order valence-electron chi connectivity index (χ1n) is 8.25. The molecule has 0 unspecified atom stereocenters. The molecule has 14 heteroatoms. The second-order valence-corrected chi connectivity index (χ2v) is 7.48. The summed E-state index contributed by atoms with van der Waals surface area (Å²) in [5, 5.41) is 21.8. The van der Waals surface area contributed by atoms with Crippen molar-refractivity contribution in [2.24, 2.45) is 10.1 Å². The molecule has 0 saturated heterocycles. The minimum Gasteiger partial charge on any atom is -0.315 e. The average Bonchev–Trinajstić information content (AvgIpc) is 3.32. The van der Waals surface area contributed by atoms with Crippen LogP contribution in [-0.2, 0) is 4.79 Å². The number of nitrogens with zero attached hydrogens (tertiary/aromatic N) is 5. The number of aromatic nitrogens is 1. The predicted molar refractivity (Wildman–Crippen MR) is 108 cm³/mol. The van der Waals surface area contributed by atoms with E-state index in [1.807, 2.05) is 0 Å². The molecule has 0 spiro atoms. The van der Waals surface area contributed by atoms with Crippen LogP contribution >= 0.6 is 23.4 Å². The van der Waals surface area contributed by atoms with Gasteiger partial charge in [-0.25, -0.2) is 0 Å². The van der Waals surface area contributed by atoms with Crippen LogP contribution in [0.4, 0.5) is 18.9 Å². The van der Waals surface area contributed by atoms with Crippen LogP contribution in [0.25, 0.3) is 11.8 Å². The number of rotatable bonds is 3. The molecule has 9 nitrogen and oxygen atoms in total. The average molecular weight is 469 g/mol. The highest BCUT2D eigenvalue weighted by Crippen LogP contribution is 2.35. The third-order valence-corrected chi connectivity index (χ3v) is 5.44. The number of hydrazone groups is 1. The maximum absolute atomic E-state index is 12.9. The summed E-state index contributed by atoms with van der Waals surface area (Å²) < 4.78 is 40.2. The van der Waals surface area contributed by atoms with Crippen molar-refractivity contribution in [2.45, 2.75) is 6.18 Å². The number of amides is 1. The highest BCUT2D eigenvalue weighted by Gasteiger charge is 2.46. The van der Waals surface area contributed by atoms with Crippen molar-refractivity contribution in [3.8, 4) is 5.69 Å². The predicted octanol–water partition coefficient (Wildman–Crippen LogP) is 4.22. The number of carbonyl (C=O) groups excluding carboxylic acids is 1. The largest absolute Gasteiger partial charge is 0.441 e. The van der Waals surface area contributed by atoms with Crippen molar-refractivity contribution < 1.29 is 22.9 Å². The Labute approximate surface area is 180 Å². The summed E-state index contributed by atoms with van der Waals surface area (Å²) in [6.45, 7) is 0. The lowest BCUT2D eigenvalue weighted by atomic mass is 10.1. The van der Waals surface area contributed by atoms with Crippen LogP contribution < -0.4 is 0 Å². The Bertz CT molecular complexity index is 1250. The maximum atomic E-state index is 12.9. The number of aliphatic imine (C=N–C) groups is 1. The number of halogens is 4. The van der Waals surface area contributed by atoms with Crippen LogP contribution in [0.15, 0.2) is 52.2 Å². The smallest absolute Gasteiger partial charge is 0.315 e. The van der Waals surface area contributed by atoms with Gasteiger partial charge < -0.3 is 4.57 Å². The van der Waals surface area contributed by atoms with Gasteiger partial charge in [0.05, 0.1) is 21.2 Å². The van der Waals surface area contributed by atoms with E-state index in [2.05, 4.69) is 10.1 Å². The first kappa shape index (κ1) is 20.8. The number of thioether (sulfide) groups is 1. The number of hydrogen-bond acceptors (Lipinski definition) is 6.